The third-order valence-corrected chi connectivity index (χ3v) is 4.70. The van der Waals surface area contributed by atoms with Crippen molar-refractivity contribution in [3.05, 3.63) is 54.1 Å². The molecule has 1 aliphatic rings. The van der Waals surface area contributed by atoms with Gasteiger partial charge in [0.1, 0.15) is 11.5 Å². The highest BCUT2D eigenvalue weighted by Gasteiger charge is 2.27. The Bertz CT molecular complexity index is 655. The van der Waals surface area contributed by atoms with Crippen molar-refractivity contribution < 1.29 is 9.53 Å². The van der Waals surface area contributed by atoms with E-state index in [-0.39, 0.29) is 5.92 Å². The Labute approximate surface area is 138 Å². The van der Waals surface area contributed by atoms with Gasteiger partial charge in [-0.1, -0.05) is 43.3 Å². The Kier molecular flexibility index (Phi) is 4.80. The lowest BCUT2D eigenvalue weighted by atomic mass is 9.78. The topological polar surface area (TPSA) is 26.3 Å². The second-order valence-electron chi connectivity index (χ2n) is 6.48. The summed E-state index contributed by atoms with van der Waals surface area (Å²) in [6, 6.07) is 16.6. The van der Waals surface area contributed by atoms with E-state index in [4.69, 9.17) is 4.74 Å². The molecule has 1 aliphatic carbocycles. The molecule has 0 aromatic heterocycles. The lowest BCUT2D eigenvalue weighted by Crippen LogP contribution is -2.21. The SMILES string of the molecule is CCOc1ccc(-c2ccc(C3CCC(C)CC3=O)cc2)cc1. The Morgan fingerprint density at radius 2 is 1.57 bits per heavy atom. The molecule has 1 saturated carbocycles. The summed E-state index contributed by atoms with van der Waals surface area (Å²) in [5, 5.41) is 0. The monoisotopic (exact) mass is 308 g/mol. The molecule has 1 fully saturated rings. The van der Waals surface area contributed by atoms with Gasteiger partial charge in [0.2, 0.25) is 0 Å². The molecule has 0 saturated heterocycles. The van der Waals surface area contributed by atoms with E-state index < -0.39 is 0 Å². The Hall–Kier alpha value is -2.09. The van der Waals surface area contributed by atoms with Crippen molar-refractivity contribution in [1.29, 1.82) is 0 Å². The van der Waals surface area contributed by atoms with Crippen LogP contribution in [0.25, 0.3) is 11.1 Å². The molecule has 0 bridgehead atoms. The molecule has 3 rings (SSSR count). The van der Waals surface area contributed by atoms with Crippen molar-refractivity contribution in [2.75, 3.05) is 6.61 Å². The maximum absolute atomic E-state index is 12.2. The Morgan fingerprint density at radius 1 is 0.957 bits per heavy atom. The summed E-state index contributed by atoms with van der Waals surface area (Å²) in [4.78, 5) is 12.2. The molecule has 0 aliphatic heterocycles. The minimum atomic E-state index is 0.0978. The summed E-state index contributed by atoms with van der Waals surface area (Å²) in [5.74, 6) is 1.94. The molecule has 23 heavy (non-hydrogen) atoms. The molecule has 2 unspecified atom stereocenters. The minimum Gasteiger partial charge on any atom is -0.494 e. The molecule has 2 aromatic carbocycles. The standard InChI is InChI=1S/C21H24O2/c1-3-23-19-11-9-17(10-12-19)16-5-7-18(8-6-16)20-13-4-15(2)14-21(20)22/h5-12,15,20H,3-4,13-14H2,1-2H3. The number of rotatable bonds is 4. The van der Waals surface area contributed by atoms with Gasteiger partial charge < -0.3 is 4.74 Å². The lowest BCUT2D eigenvalue weighted by molar-refractivity contribution is -0.123. The predicted octanol–water partition coefficient (Wildman–Crippen LogP) is 5.23. The Morgan fingerprint density at radius 3 is 2.13 bits per heavy atom. The summed E-state index contributed by atoms with van der Waals surface area (Å²) in [7, 11) is 0. The van der Waals surface area contributed by atoms with Crippen LogP contribution in [-0.2, 0) is 4.79 Å². The van der Waals surface area contributed by atoms with Gasteiger partial charge in [0.15, 0.2) is 0 Å². The van der Waals surface area contributed by atoms with Gasteiger partial charge in [0.25, 0.3) is 0 Å². The molecule has 2 nitrogen and oxygen atoms in total. The van der Waals surface area contributed by atoms with E-state index in [1.807, 2.05) is 19.1 Å². The highest BCUT2D eigenvalue weighted by molar-refractivity contribution is 5.86. The number of benzene rings is 2. The van der Waals surface area contributed by atoms with Crippen LogP contribution in [-0.4, -0.2) is 12.4 Å². The van der Waals surface area contributed by atoms with Gasteiger partial charge in [-0.2, -0.15) is 0 Å². The molecule has 120 valence electrons. The summed E-state index contributed by atoms with van der Waals surface area (Å²) >= 11 is 0. The van der Waals surface area contributed by atoms with E-state index in [9.17, 15) is 4.79 Å². The average molecular weight is 308 g/mol. The van der Waals surface area contributed by atoms with Gasteiger partial charge in [-0.15, -0.1) is 0 Å². The van der Waals surface area contributed by atoms with E-state index in [1.165, 1.54) is 11.1 Å². The van der Waals surface area contributed by atoms with Crippen molar-refractivity contribution in [2.24, 2.45) is 5.92 Å². The Balaban J connectivity index is 1.75. The fourth-order valence-electron chi connectivity index (χ4n) is 3.37. The number of ketones is 1. The normalized spacial score (nSPS) is 21.2. The highest BCUT2D eigenvalue weighted by atomic mass is 16.5. The first-order valence-corrected chi connectivity index (χ1v) is 8.53. The first kappa shape index (κ1) is 15.8. The van der Waals surface area contributed by atoms with E-state index >= 15 is 0 Å². The lowest BCUT2D eigenvalue weighted by Gasteiger charge is -2.25. The van der Waals surface area contributed by atoms with Crippen LogP contribution in [0.2, 0.25) is 0 Å². The molecular weight excluding hydrogens is 284 g/mol. The first-order chi connectivity index (χ1) is 11.2. The molecule has 0 spiro atoms. The second-order valence-corrected chi connectivity index (χ2v) is 6.48. The molecule has 2 heteroatoms. The van der Waals surface area contributed by atoms with Crippen LogP contribution < -0.4 is 4.74 Å². The molecule has 0 N–H and O–H groups in total. The number of ether oxygens (including phenoxy) is 1. The van der Waals surface area contributed by atoms with Crippen molar-refractivity contribution in [3.8, 4) is 16.9 Å². The summed E-state index contributed by atoms with van der Waals surface area (Å²) in [6.45, 7) is 4.84. The van der Waals surface area contributed by atoms with Crippen LogP contribution in [0, 0.1) is 5.92 Å². The van der Waals surface area contributed by atoms with E-state index in [1.54, 1.807) is 0 Å². The van der Waals surface area contributed by atoms with Crippen LogP contribution in [0.15, 0.2) is 48.5 Å². The van der Waals surface area contributed by atoms with Crippen molar-refractivity contribution >= 4 is 5.78 Å². The maximum atomic E-state index is 12.2. The molecule has 2 atom stereocenters. The van der Waals surface area contributed by atoms with Crippen molar-refractivity contribution in [1.82, 2.24) is 0 Å². The quantitative estimate of drug-likeness (QED) is 0.773. The zero-order valence-electron chi connectivity index (χ0n) is 13.9. The fourth-order valence-corrected chi connectivity index (χ4v) is 3.37. The predicted molar refractivity (Wildman–Crippen MR) is 93.8 cm³/mol. The number of carbonyl (C=O) groups excluding carboxylic acids is 1. The summed E-state index contributed by atoms with van der Waals surface area (Å²) < 4.78 is 5.48. The van der Waals surface area contributed by atoms with Gasteiger partial charge in [-0.3, -0.25) is 4.79 Å². The molecular formula is C21H24O2. The molecule has 0 radical (unpaired) electrons. The third kappa shape index (κ3) is 3.64. The van der Waals surface area contributed by atoms with Crippen LogP contribution in [0.5, 0.6) is 5.75 Å². The van der Waals surface area contributed by atoms with Gasteiger partial charge in [-0.05, 0) is 54.5 Å². The fraction of sp³-hybridized carbons (Fsp3) is 0.381. The third-order valence-electron chi connectivity index (χ3n) is 4.70. The molecule has 0 heterocycles. The molecule has 0 amide bonds. The number of Topliss-reactive ketones (excluding diaryl/α,β-unsaturated/α-hetero) is 1. The van der Waals surface area contributed by atoms with Gasteiger partial charge in [0, 0.05) is 12.3 Å². The summed E-state index contributed by atoms with van der Waals surface area (Å²) in [6.07, 6.45) is 2.87. The van der Waals surface area contributed by atoms with E-state index in [0.717, 1.165) is 30.6 Å². The van der Waals surface area contributed by atoms with Gasteiger partial charge in [0.05, 0.1) is 6.61 Å². The van der Waals surface area contributed by atoms with Gasteiger partial charge in [-0.25, -0.2) is 0 Å². The second kappa shape index (κ2) is 6.99. The van der Waals surface area contributed by atoms with Crippen LogP contribution in [0.3, 0.4) is 0 Å². The number of carbonyl (C=O) groups is 1. The largest absolute Gasteiger partial charge is 0.494 e. The molecule has 2 aromatic rings. The number of hydrogen-bond donors (Lipinski definition) is 0. The average Bonchev–Trinajstić information content (AvgIpc) is 2.56. The summed E-state index contributed by atoms with van der Waals surface area (Å²) in [5.41, 5.74) is 3.51. The maximum Gasteiger partial charge on any atom is 0.140 e. The van der Waals surface area contributed by atoms with E-state index in [0.29, 0.717) is 18.3 Å². The minimum absolute atomic E-state index is 0.0978. The highest BCUT2D eigenvalue weighted by Crippen LogP contribution is 2.34. The zero-order chi connectivity index (χ0) is 16.2. The van der Waals surface area contributed by atoms with Crippen LogP contribution >= 0.6 is 0 Å². The first-order valence-electron chi connectivity index (χ1n) is 8.53. The van der Waals surface area contributed by atoms with E-state index in [2.05, 4.69) is 43.3 Å². The zero-order valence-corrected chi connectivity index (χ0v) is 13.9. The van der Waals surface area contributed by atoms with Crippen molar-refractivity contribution in [3.63, 3.8) is 0 Å². The van der Waals surface area contributed by atoms with Gasteiger partial charge >= 0.3 is 0 Å². The van der Waals surface area contributed by atoms with Crippen LogP contribution in [0.1, 0.15) is 44.6 Å². The number of hydrogen-bond acceptors (Lipinski definition) is 2. The smallest absolute Gasteiger partial charge is 0.140 e. The van der Waals surface area contributed by atoms with Crippen LogP contribution in [0.4, 0.5) is 0 Å². The van der Waals surface area contributed by atoms with Crippen molar-refractivity contribution in [2.45, 2.75) is 39.0 Å².